The average Bonchev–Trinajstić information content (AvgIpc) is 2.76. The summed E-state index contributed by atoms with van der Waals surface area (Å²) in [5.74, 6) is -2.94. The number of nitrogens with two attached hydrogens (primary N) is 1. The Morgan fingerprint density at radius 3 is 1.75 bits per heavy atom. The first-order valence-electron chi connectivity index (χ1n) is 12.4. The lowest BCUT2D eigenvalue weighted by Crippen LogP contribution is -2.58. The molecule has 4 unspecified atom stereocenters. The number of hydrogen-bond acceptors (Lipinski definition) is 6. The van der Waals surface area contributed by atoms with Crippen molar-refractivity contribution in [2.24, 2.45) is 23.5 Å². The molecule has 0 aliphatic carbocycles. The van der Waals surface area contributed by atoms with Crippen LogP contribution in [0.25, 0.3) is 0 Å². The van der Waals surface area contributed by atoms with Crippen molar-refractivity contribution in [2.45, 2.75) is 85.0 Å². The largest absolute Gasteiger partial charge is 0.508 e. The van der Waals surface area contributed by atoms with Crippen LogP contribution in [0.1, 0.15) is 59.9 Å². The van der Waals surface area contributed by atoms with E-state index in [0.717, 1.165) is 0 Å². The molecule has 7 N–H and O–H groups in total. The van der Waals surface area contributed by atoms with Crippen LogP contribution in [0.3, 0.4) is 0 Å². The third-order valence-corrected chi connectivity index (χ3v) is 5.64. The van der Waals surface area contributed by atoms with Crippen molar-refractivity contribution in [1.82, 2.24) is 16.0 Å². The number of carboxylic acid groups (broad SMARTS) is 1. The smallest absolute Gasteiger partial charge is 0.326 e. The van der Waals surface area contributed by atoms with Gasteiger partial charge in [-0.3, -0.25) is 14.4 Å². The SMILES string of the molecule is CC(C)CC(N)C(=O)NC(Cc1ccc(O)cc1)C(=O)NC(CC(C)C)C(=O)NC(C(=O)O)C(C)C. The Morgan fingerprint density at radius 1 is 0.778 bits per heavy atom. The molecule has 0 fully saturated rings. The van der Waals surface area contributed by atoms with Gasteiger partial charge in [-0.05, 0) is 48.3 Å². The molecule has 36 heavy (non-hydrogen) atoms. The van der Waals surface area contributed by atoms with E-state index in [1.165, 1.54) is 12.1 Å². The van der Waals surface area contributed by atoms with Crippen molar-refractivity contribution >= 4 is 23.7 Å². The quantitative estimate of drug-likeness (QED) is 0.222. The Hall–Kier alpha value is -3.14. The van der Waals surface area contributed by atoms with Gasteiger partial charge in [0.1, 0.15) is 23.9 Å². The molecule has 10 nitrogen and oxygen atoms in total. The highest BCUT2D eigenvalue weighted by molar-refractivity contribution is 5.94. The molecule has 10 heteroatoms. The van der Waals surface area contributed by atoms with Crippen molar-refractivity contribution < 1.29 is 29.4 Å². The Kier molecular flexibility index (Phi) is 12.4. The number of carboxylic acids is 1. The first-order chi connectivity index (χ1) is 16.7. The Labute approximate surface area is 213 Å². The van der Waals surface area contributed by atoms with Crippen LogP contribution in [-0.2, 0) is 25.6 Å². The van der Waals surface area contributed by atoms with E-state index < -0.39 is 47.9 Å². The van der Waals surface area contributed by atoms with Crippen LogP contribution in [0, 0.1) is 17.8 Å². The molecule has 0 aromatic heterocycles. The first-order valence-corrected chi connectivity index (χ1v) is 12.4. The van der Waals surface area contributed by atoms with E-state index in [0.29, 0.717) is 12.0 Å². The number of carbonyl (C=O) groups is 4. The maximum atomic E-state index is 13.3. The molecule has 4 atom stereocenters. The highest BCUT2D eigenvalue weighted by Crippen LogP contribution is 2.13. The van der Waals surface area contributed by atoms with E-state index in [2.05, 4.69) is 16.0 Å². The first kappa shape index (κ1) is 30.9. The zero-order valence-corrected chi connectivity index (χ0v) is 22.1. The lowest BCUT2D eigenvalue weighted by Gasteiger charge is -2.27. The van der Waals surface area contributed by atoms with Crippen LogP contribution in [-0.4, -0.2) is 58.1 Å². The molecule has 0 aliphatic rings. The highest BCUT2D eigenvalue weighted by atomic mass is 16.4. The second-order valence-electron chi connectivity index (χ2n) is 10.4. The van der Waals surface area contributed by atoms with E-state index in [-0.39, 0.29) is 36.3 Å². The Morgan fingerprint density at radius 2 is 1.28 bits per heavy atom. The normalized spacial score (nSPS) is 14.7. The number of hydrogen-bond donors (Lipinski definition) is 6. The summed E-state index contributed by atoms with van der Waals surface area (Å²) in [4.78, 5) is 50.6. The number of rotatable bonds is 14. The van der Waals surface area contributed by atoms with Crippen molar-refractivity contribution in [2.75, 3.05) is 0 Å². The summed E-state index contributed by atoms with van der Waals surface area (Å²) in [6.07, 6.45) is 0.810. The van der Waals surface area contributed by atoms with E-state index >= 15 is 0 Å². The summed E-state index contributed by atoms with van der Waals surface area (Å²) in [5, 5.41) is 26.9. The fourth-order valence-electron chi connectivity index (χ4n) is 3.71. The molecule has 1 aromatic rings. The van der Waals surface area contributed by atoms with E-state index in [1.54, 1.807) is 26.0 Å². The second-order valence-corrected chi connectivity index (χ2v) is 10.4. The summed E-state index contributed by atoms with van der Waals surface area (Å²) < 4.78 is 0. The number of aromatic hydroxyl groups is 1. The fraction of sp³-hybridized carbons (Fsp3) is 0.615. The topological polar surface area (TPSA) is 171 Å². The van der Waals surface area contributed by atoms with Gasteiger partial charge in [0.25, 0.3) is 0 Å². The number of phenols is 1. The van der Waals surface area contributed by atoms with Gasteiger partial charge in [0, 0.05) is 6.42 Å². The third kappa shape index (κ3) is 10.6. The third-order valence-electron chi connectivity index (χ3n) is 5.64. The number of benzene rings is 1. The van der Waals surface area contributed by atoms with Crippen molar-refractivity contribution in [3.63, 3.8) is 0 Å². The van der Waals surface area contributed by atoms with Gasteiger partial charge in [-0.2, -0.15) is 0 Å². The average molecular weight is 507 g/mol. The Balaban J connectivity index is 3.14. The number of phenolic OH excluding ortho intramolecular Hbond substituents is 1. The highest BCUT2D eigenvalue weighted by Gasteiger charge is 2.32. The second kappa shape index (κ2) is 14.4. The van der Waals surface area contributed by atoms with Crippen LogP contribution >= 0.6 is 0 Å². The van der Waals surface area contributed by atoms with E-state index in [9.17, 15) is 29.4 Å². The maximum absolute atomic E-state index is 13.3. The van der Waals surface area contributed by atoms with Gasteiger partial charge in [0.15, 0.2) is 0 Å². The summed E-state index contributed by atoms with van der Waals surface area (Å²) in [7, 11) is 0. The van der Waals surface area contributed by atoms with Crippen LogP contribution < -0.4 is 21.7 Å². The van der Waals surface area contributed by atoms with Gasteiger partial charge in [0.05, 0.1) is 6.04 Å². The molecule has 0 aliphatic heterocycles. The van der Waals surface area contributed by atoms with Crippen molar-refractivity contribution in [3.8, 4) is 5.75 Å². The lowest BCUT2D eigenvalue weighted by molar-refractivity contribution is -0.143. The molecule has 0 heterocycles. The summed E-state index contributed by atoms with van der Waals surface area (Å²) in [6.45, 7) is 11.0. The predicted molar refractivity (Wildman–Crippen MR) is 137 cm³/mol. The molecule has 0 spiro atoms. The maximum Gasteiger partial charge on any atom is 0.326 e. The molecule has 0 bridgehead atoms. The zero-order valence-electron chi connectivity index (χ0n) is 22.1. The molecular formula is C26H42N4O6. The molecule has 0 radical (unpaired) electrons. The fourth-order valence-corrected chi connectivity index (χ4v) is 3.71. The summed E-state index contributed by atoms with van der Waals surface area (Å²) >= 11 is 0. The molecule has 202 valence electrons. The molecule has 1 rings (SSSR count). The van der Waals surface area contributed by atoms with Gasteiger partial charge in [0.2, 0.25) is 17.7 Å². The van der Waals surface area contributed by atoms with Crippen LogP contribution in [0.5, 0.6) is 5.75 Å². The minimum atomic E-state index is -1.16. The van der Waals surface area contributed by atoms with Crippen LogP contribution in [0.4, 0.5) is 0 Å². The molecule has 0 saturated heterocycles. The van der Waals surface area contributed by atoms with Gasteiger partial charge in [-0.25, -0.2) is 4.79 Å². The van der Waals surface area contributed by atoms with E-state index in [1.807, 2.05) is 27.7 Å². The van der Waals surface area contributed by atoms with Crippen LogP contribution in [0.2, 0.25) is 0 Å². The summed E-state index contributed by atoms with van der Waals surface area (Å²) in [6, 6.07) is 2.27. The molecular weight excluding hydrogens is 464 g/mol. The zero-order chi connectivity index (χ0) is 27.6. The standard InChI is InChI=1S/C26H42N4O6/c1-14(2)11-19(27)23(32)28-21(13-17-7-9-18(31)10-8-17)24(33)29-20(12-15(3)4)25(34)30-22(16(5)6)26(35)36/h7-10,14-16,19-22,31H,11-13,27H2,1-6H3,(H,28,32)(H,29,33)(H,30,34)(H,35,36). The number of nitrogens with one attached hydrogen (secondary N) is 3. The van der Waals surface area contributed by atoms with Gasteiger partial charge < -0.3 is 31.9 Å². The number of carbonyl (C=O) groups excluding carboxylic acids is 3. The van der Waals surface area contributed by atoms with Gasteiger partial charge in [-0.1, -0.05) is 53.7 Å². The van der Waals surface area contributed by atoms with Gasteiger partial charge in [-0.15, -0.1) is 0 Å². The number of aliphatic carboxylic acids is 1. The Bertz CT molecular complexity index is 885. The van der Waals surface area contributed by atoms with Crippen molar-refractivity contribution in [3.05, 3.63) is 29.8 Å². The minimum Gasteiger partial charge on any atom is -0.508 e. The van der Waals surface area contributed by atoms with Crippen molar-refractivity contribution in [1.29, 1.82) is 0 Å². The molecule has 0 saturated carbocycles. The number of amides is 3. The van der Waals surface area contributed by atoms with E-state index in [4.69, 9.17) is 5.73 Å². The summed E-state index contributed by atoms with van der Waals surface area (Å²) in [5.41, 5.74) is 6.69. The molecule has 1 aromatic carbocycles. The molecule has 3 amide bonds. The minimum absolute atomic E-state index is 0.0213. The van der Waals surface area contributed by atoms with Crippen LogP contribution in [0.15, 0.2) is 24.3 Å². The predicted octanol–water partition coefficient (Wildman–Crippen LogP) is 1.55. The lowest BCUT2D eigenvalue weighted by atomic mass is 9.99. The van der Waals surface area contributed by atoms with Gasteiger partial charge >= 0.3 is 5.97 Å². The monoisotopic (exact) mass is 506 g/mol.